The third-order valence-electron chi connectivity index (χ3n) is 6.00. The molecule has 5 N–H and O–H groups in total. The van der Waals surface area contributed by atoms with Crippen molar-refractivity contribution in [3.05, 3.63) is 28.9 Å². The monoisotopic (exact) mass is 509 g/mol. The van der Waals surface area contributed by atoms with E-state index in [0.717, 1.165) is 31.2 Å². The van der Waals surface area contributed by atoms with Crippen molar-refractivity contribution in [2.24, 2.45) is 5.92 Å². The lowest BCUT2D eigenvalue weighted by Crippen LogP contribution is -2.38. The molecule has 0 radical (unpaired) electrons. The van der Waals surface area contributed by atoms with Gasteiger partial charge in [-0.1, -0.05) is 24.4 Å². The summed E-state index contributed by atoms with van der Waals surface area (Å²) in [6.07, 6.45) is 5.39. The van der Waals surface area contributed by atoms with Crippen molar-refractivity contribution in [2.75, 3.05) is 36.1 Å². The van der Waals surface area contributed by atoms with Crippen LogP contribution in [0.2, 0.25) is 5.02 Å². The maximum atomic E-state index is 11.9. The van der Waals surface area contributed by atoms with Crippen molar-refractivity contribution in [3.8, 4) is 5.75 Å². The van der Waals surface area contributed by atoms with E-state index in [2.05, 4.69) is 36.0 Å². The molecule has 13 heteroatoms. The lowest BCUT2D eigenvalue weighted by Gasteiger charge is -2.32. The number of nitrogens with one attached hydrogen (secondary N) is 5. The average molecular weight is 510 g/mol. The molecular weight excluding hydrogens is 482 g/mol. The van der Waals surface area contributed by atoms with Gasteiger partial charge in [-0.05, 0) is 36.5 Å². The molecule has 0 saturated heterocycles. The van der Waals surface area contributed by atoms with E-state index in [1.807, 2.05) is 6.07 Å². The number of anilines is 4. The molecular formula is C21H28ClN7O4S. The molecule has 1 aliphatic heterocycles. The molecule has 0 bridgehead atoms. The van der Waals surface area contributed by atoms with Crippen LogP contribution in [0.4, 0.5) is 23.1 Å². The average Bonchev–Trinajstić information content (AvgIpc) is 3.00. The summed E-state index contributed by atoms with van der Waals surface area (Å²) in [5, 5.41) is 12.9. The molecule has 4 rings (SSSR count). The number of fused-ring (bicyclic) bond motifs is 1. The highest BCUT2D eigenvalue weighted by molar-refractivity contribution is 7.70. The fourth-order valence-electron chi connectivity index (χ4n) is 4.31. The van der Waals surface area contributed by atoms with E-state index in [0.29, 0.717) is 47.0 Å². The number of thiol groups is 1. The van der Waals surface area contributed by atoms with Crippen molar-refractivity contribution in [2.45, 2.75) is 38.3 Å². The number of rotatable bonds is 8. The van der Waals surface area contributed by atoms with Crippen molar-refractivity contribution in [1.29, 1.82) is 0 Å². The van der Waals surface area contributed by atoms with Crippen LogP contribution in [0, 0.1) is 5.92 Å². The summed E-state index contributed by atoms with van der Waals surface area (Å²) in [4.78, 5) is 20.8. The van der Waals surface area contributed by atoms with Gasteiger partial charge in [-0.3, -0.25) is 4.79 Å². The Morgan fingerprint density at radius 3 is 2.85 bits per heavy atom. The molecule has 2 atom stereocenters. The number of hydrogen-bond donors (Lipinski definition) is 6. The third-order valence-corrected chi connectivity index (χ3v) is 6.72. The second kappa shape index (κ2) is 11.2. The second-order valence-corrected chi connectivity index (χ2v) is 9.53. The minimum Gasteiger partial charge on any atom is -0.495 e. The number of halogens is 1. The first-order valence-corrected chi connectivity index (χ1v) is 12.6. The van der Waals surface area contributed by atoms with E-state index < -0.39 is 10.9 Å². The van der Waals surface area contributed by atoms with Crippen LogP contribution in [-0.2, 0) is 22.2 Å². The van der Waals surface area contributed by atoms with E-state index in [1.54, 1.807) is 13.2 Å². The molecule has 1 aromatic carbocycles. The van der Waals surface area contributed by atoms with Crippen molar-refractivity contribution in [1.82, 2.24) is 20.0 Å². The van der Waals surface area contributed by atoms with Gasteiger partial charge in [-0.25, -0.2) is 18.1 Å². The number of aromatic nitrogens is 2. The number of nitrogens with zero attached hydrogens (tertiary/aromatic N) is 2. The largest absolute Gasteiger partial charge is 0.495 e. The van der Waals surface area contributed by atoms with E-state index in [-0.39, 0.29) is 24.4 Å². The Balaban J connectivity index is 1.55. The van der Waals surface area contributed by atoms with Crippen molar-refractivity contribution in [3.63, 3.8) is 0 Å². The van der Waals surface area contributed by atoms with E-state index in [4.69, 9.17) is 16.3 Å². The van der Waals surface area contributed by atoms with Crippen LogP contribution in [0.5, 0.6) is 5.75 Å². The highest BCUT2D eigenvalue weighted by Gasteiger charge is 2.26. The van der Waals surface area contributed by atoms with Crippen LogP contribution in [0.3, 0.4) is 0 Å². The van der Waals surface area contributed by atoms with Gasteiger partial charge in [-0.2, -0.15) is 4.98 Å². The SMILES string of the molecule is COc1cc2c(cc1Nc1ncc(Cl)c(N[C@@H]3CCCC[C@@H]3CN[SH](=O)=O)n1)NC(=O)CNC2. The molecule has 2 aliphatic rings. The minimum absolute atomic E-state index is 0.0289. The molecule has 34 heavy (non-hydrogen) atoms. The van der Waals surface area contributed by atoms with Crippen LogP contribution in [0.15, 0.2) is 18.3 Å². The molecule has 184 valence electrons. The maximum absolute atomic E-state index is 11.9. The van der Waals surface area contributed by atoms with Crippen LogP contribution in [0.25, 0.3) is 0 Å². The van der Waals surface area contributed by atoms with Gasteiger partial charge in [0.1, 0.15) is 10.8 Å². The third kappa shape index (κ3) is 6.06. The Kier molecular flexibility index (Phi) is 8.03. The Morgan fingerprint density at radius 2 is 2.06 bits per heavy atom. The zero-order valence-corrected chi connectivity index (χ0v) is 20.3. The first kappa shape index (κ1) is 24.5. The summed E-state index contributed by atoms with van der Waals surface area (Å²) in [6, 6.07) is 3.67. The normalized spacial score (nSPS) is 20.3. The predicted octanol–water partition coefficient (Wildman–Crippen LogP) is 2.01. The number of methoxy groups -OCH3 is 1. The van der Waals surface area contributed by atoms with Gasteiger partial charge in [-0.15, -0.1) is 0 Å². The number of ether oxygens (including phenoxy) is 1. The molecule has 11 nitrogen and oxygen atoms in total. The van der Waals surface area contributed by atoms with Crippen LogP contribution in [-0.4, -0.2) is 50.5 Å². The number of benzene rings is 1. The van der Waals surface area contributed by atoms with Gasteiger partial charge >= 0.3 is 0 Å². The fourth-order valence-corrected chi connectivity index (χ4v) is 4.84. The molecule has 1 aromatic heterocycles. The molecule has 0 spiro atoms. The minimum atomic E-state index is -2.64. The zero-order valence-electron chi connectivity index (χ0n) is 18.7. The fraction of sp³-hybridized carbons (Fsp3) is 0.476. The smallest absolute Gasteiger partial charge is 0.238 e. The maximum Gasteiger partial charge on any atom is 0.238 e. The summed E-state index contributed by atoms with van der Waals surface area (Å²) in [6.45, 7) is 1.14. The van der Waals surface area contributed by atoms with E-state index in [9.17, 15) is 13.2 Å². The molecule has 1 saturated carbocycles. The van der Waals surface area contributed by atoms with Crippen LogP contribution >= 0.6 is 11.6 Å². The Hall–Kier alpha value is -2.67. The first-order chi connectivity index (χ1) is 16.4. The lowest BCUT2D eigenvalue weighted by molar-refractivity contribution is -0.115. The molecule has 0 unspecified atom stereocenters. The van der Waals surface area contributed by atoms with Crippen LogP contribution in [0.1, 0.15) is 31.2 Å². The van der Waals surface area contributed by atoms with Gasteiger partial charge in [0, 0.05) is 24.8 Å². The Labute approximate surface area is 204 Å². The van der Waals surface area contributed by atoms with Crippen molar-refractivity contribution < 1.29 is 17.9 Å². The molecule has 2 heterocycles. The van der Waals surface area contributed by atoms with Gasteiger partial charge in [0.05, 0.1) is 25.5 Å². The van der Waals surface area contributed by atoms with Gasteiger partial charge in [0.2, 0.25) is 22.7 Å². The van der Waals surface area contributed by atoms with Crippen molar-refractivity contribution >= 4 is 51.5 Å². The predicted molar refractivity (Wildman–Crippen MR) is 131 cm³/mol. The summed E-state index contributed by atoms with van der Waals surface area (Å²) < 4.78 is 30.0. The topological polar surface area (TPSA) is 146 Å². The quantitative estimate of drug-likeness (QED) is 0.294. The van der Waals surface area contributed by atoms with E-state index >= 15 is 0 Å². The van der Waals surface area contributed by atoms with Gasteiger partial charge in [0.25, 0.3) is 0 Å². The number of amides is 1. The number of carbonyl (C=O) groups is 1. The lowest BCUT2D eigenvalue weighted by atomic mass is 9.84. The summed E-state index contributed by atoms with van der Waals surface area (Å²) >= 11 is 6.37. The van der Waals surface area contributed by atoms with Gasteiger partial charge < -0.3 is 26.0 Å². The summed E-state index contributed by atoms with van der Waals surface area (Å²) in [7, 11) is -1.07. The molecule has 1 aliphatic carbocycles. The second-order valence-electron chi connectivity index (χ2n) is 8.29. The van der Waals surface area contributed by atoms with Gasteiger partial charge in [0.15, 0.2) is 5.82 Å². The number of carbonyl (C=O) groups excluding carboxylic acids is 1. The molecule has 2 aromatic rings. The summed E-state index contributed by atoms with van der Waals surface area (Å²) in [5.41, 5.74) is 2.18. The van der Waals surface area contributed by atoms with Crippen LogP contribution < -0.4 is 30.7 Å². The molecule has 1 fully saturated rings. The highest BCUT2D eigenvalue weighted by Crippen LogP contribution is 2.35. The standard InChI is InChI=1S/C21H28ClN7O4S/c1-33-18-6-13-8-23-11-19(30)26-16(13)7-17(18)28-21-24-10-14(22)20(29-21)27-15-5-3-2-4-12(15)9-25-34(31)32/h6-7,10,12,15,23,34H,2-5,8-9,11H2,1H3,(H,26,30)(H,25,31,32)(H2,24,27,28,29)/t12-,15-/m1/s1. The zero-order chi connectivity index (χ0) is 24.1. The first-order valence-electron chi connectivity index (χ1n) is 11.1. The Morgan fingerprint density at radius 1 is 1.24 bits per heavy atom. The highest BCUT2D eigenvalue weighted by atomic mass is 35.5. The number of hydrogen-bond acceptors (Lipinski definition) is 9. The molecule has 1 amide bonds. The van der Waals surface area contributed by atoms with E-state index in [1.165, 1.54) is 6.20 Å². The Bertz CT molecular complexity index is 1120. The summed E-state index contributed by atoms with van der Waals surface area (Å²) in [5.74, 6) is 1.35.